The van der Waals surface area contributed by atoms with E-state index in [1.807, 2.05) is 6.07 Å². The summed E-state index contributed by atoms with van der Waals surface area (Å²) >= 11 is 7.98. The number of rotatable bonds is 2. The van der Waals surface area contributed by atoms with E-state index in [1.165, 1.54) is 19.8 Å². The van der Waals surface area contributed by atoms with Crippen molar-refractivity contribution in [2.24, 2.45) is 5.73 Å². The van der Waals surface area contributed by atoms with Crippen LogP contribution in [0, 0.1) is 0 Å². The highest BCUT2D eigenvalue weighted by atomic mass is 35.5. The second-order valence-electron chi connectivity index (χ2n) is 5.27. The second kappa shape index (κ2) is 5.08. The van der Waals surface area contributed by atoms with E-state index in [9.17, 15) is 4.79 Å². The first-order chi connectivity index (χ1) is 10.6. The molecule has 0 aromatic carbocycles. The first-order valence-corrected chi connectivity index (χ1v) is 8.12. The van der Waals surface area contributed by atoms with Crippen LogP contribution in [0.1, 0.15) is 20.9 Å². The number of carbonyl (C=O) groups is 1. The minimum Gasteiger partial charge on any atom is -0.364 e. The molecule has 0 atom stereocenters. The molecule has 0 unspecified atom stereocenters. The zero-order chi connectivity index (χ0) is 15.3. The third-order valence-electron chi connectivity index (χ3n) is 3.86. The molecule has 0 fully saturated rings. The van der Waals surface area contributed by atoms with Gasteiger partial charge < -0.3 is 11.1 Å². The summed E-state index contributed by atoms with van der Waals surface area (Å²) in [4.78, 5) is 14.0. The highest BCUT2D eigenvalue weighted by molar-refractivity contribution is 7.15. The average Bonchev–Trinajstić information content (AvgIpc) is 3.08. The lowest BCUT2D eigenvalue weighted by atomic mass is 10.1. The topological polar surface area (TPSA) is 72.4 Å². The number of carbonyl (C=O) groups excluding carboxylic acids is 1. The van der Waals surface area contributed by atoms with Gasteiger partial charge in [0.2, 0.25) is 0 Å². The first kappa shape index (κ1) is 13.8. The summed E-state index contributed by atoms with van der Waals surface area (Å²) in [6.45, 7) is 1.94. The summed E-state index contributed by atoms with van der Waals surface area (Å²) in [6, 6.07) is 5.73. The van der Waals surface area contributed by atoms with Crippen LogP contribution in [0.5, 0.6) is 0 Å². The normalized spacial score (nSPS) is 14.2. The molecule has 7 heteroatoms. The number of hydrogen-bond acceptors (Lipinski definition) is 4. The summed E-state index contributed by atoms with van der Waals surface area (Å²) in [5, 5.41) is 8.18. The van der Waals surface area contributed by atoms with Crippen molar-refractivity contribution in [3.8, 4) is 10.4 Å². The third-order valence-corrected chi connectivity index (χ3v) is 5.39. The number of nitrogens with zero attached hydrogens (tertiary/aromatic N) is 2. The number of halogens is 1. The molecule has 5 nitrogen and oxygen atoms in total. The molecule has 0 saturated carbocycles. The van der Waals surface area contributed by atoms with Gasteiger partial charge in [0.1, 0.15) is 5.69 Å². The maximum atomic E-state index is 11.4. The molecule has 3 N–H and O–H groups in total. The molecule has 4 rings (SSSR count). The van der Waals surface area contributed by atoms with Crippen molar-refractivity contribution >= 4 is 34.4 Å². The van der Waals surface area contributed by atoms with E-state index in [0.717, 1.165) is 25.1 Å². The maximum absolute atomic E-state index is 11.4. The lowest BCUT2D eigenvalue weighted by Gasteiger charge is -2.10. The standard InChI is InChI=1S/C15H13ClN4OS/c16-10-5-12(15(17)21)20-11(10)3-9(6-19-20)13-4-8-1-2-18-7-14(8)22-13/h3-6,18H,1-2,7H2,(H2,17,21). The number of primary amides is 1. The Bertz CT molecular complexity index is 875. The van der Waals surface area contributed by atoms with Crippen LogP contribution in [0.15, 0.2) is 24.4 Å². The molecule has 1 aliphatic rings. The van der Waals surface area contributed by atoms with E-state index in [2.05, 4.69) is 16.5 Å². The molecular formula is C15H13ClN4OS. The minimum atomic E-state index is -0.542. The van der Waals surface area contributed by atoms with Gasteiger partial charge in [0.25, 0.3) is 5.91 Å². The molecule has 3 aromatic heterocycles. The second-order valence-corrected chi connectivity index (χ2v) is 6.81. The van der Waals surface area contributed by atoms with Crippen LogP contribution < -0.4 is 11.1 Å². The number of hydrogen-bond donors (Lipinski definition) is 2. The fourth-order valence-corrected chi connectivity index (χ4v) is 4.15. The monoisotopic (exact) mass is 332 g/mol. The summed E-state index contributed by atoms with van der Waals surface area (Å²) in [7, 11) is 0. The smallest absolute Gasteiger partial charge is 0.267 e. The van der Waals surface area contributed by atoms with Crippen LogP contribution in [0.4, 0.5) is 0 Å². The zero-order valence-corrected chi connectivity index (χ0v) is 13.2. The van der Waals surface area contributed by atoms with Gasteiger partial charge in [0, 0.05) is 21.9 Å². The predicted octanol–water partition coefficient (Wildman–Crippen LogP) is 2.46. The highest BCUT2D eigenvalue weighted by Gasteiger charge is 2.17. The van der Waals surface area contributed by atoms with Crippen LogP contribution in [-0.2, 0) is 13.0 Å². The number of nitrogens with one attached hydrogen (secondary N) is 1. The van der Waals surface area contributed by atoms with Gasteiger partial charge in [-0.05, 0) is 36.7 Å². The predicted molar refractivity (Wildman–Crippen MR) is 87.4 cm³/mol. The van der Waals surface area contributed by atoms with E-state index < -0.39 is 5.91 Å². The highest BCUT2D eigenvalue weighted by Crippen LogP contribution is 2.34. The molecule has 1 amide bonds. The van der Waals surface area contributed by atoms with Gasteiger partial charge >= 0.3 is 0 Å². The Labute approximate surface area is 135 Å². The Morgan fingerprint density at radius 1 is 1.41 bits per heavy atom. The molecule has 3 aromatic rings. The van der Waals surface area contributed by atoms with E-state index in [4.69, 9.17) is 17.3 Å². The van der Waals surface area contributed by atoms with Gasteiger partial charge in [-0.3, -0.25) is 4.79 Å². The number of aromatic nitrogens is 2. The quantitative estimate of drug-likeness (QED) is 0.757. The van der Waals surface area contributed by atoms with Crippen LogP contribution in [0.3, 0.4) is 0 Å². The van der Waals surface area contributed by atoms with Crippen molar-refractivity contribution in [3.05, 3.63) is 45.6 Å². The maximum Gasteiger partial charge on any atom is 0.267 e. The van der Waals surface area contributed by atoms with Gasteiger partial charge in [0.05, 0.1) is 16.7 Å². The number of thiophene rings is 1. The van der Waals surface area contributed by atoms with E-state index in [-0.39, 0.29) is 0 Å². The van der Waals surface area contributed by atoms with Crippen LogP contribution in [-0.4, -0.2) is 22.1 Å². The van der Waals surface area contributed by atoms with Gasteiger partial charge in [-0.15, -0.1) is 11.3 Å². The summed E-state index contributed by atoms with van der Waals surface area (Å²) in [5.74, 6) is -0.542. The van der Waals surface area contributed by atoms with Crippen LogP contribution in [0.2, 0.25) is 5.02 Å². The average molecular weight is 333 g/mol. The number of amides is 1. The van der Waals surface area contributed by atoms with E-state index in [1.54, 1.807) is 23.6 Å². The van der Waals surface area contributed by atoms with Crippen molar-refractivity contribution < 1.29 is 4.79 Å². The number of fused-ring (bicyclic) bond motifs is 2. The Balaban J connectivity index is 1.84. The van der Waals surface area contributed by atoms with Gasteiger partial charge in [-0.1, -0.05) is 11.6 Å². The lowest BCUT2D eigenvalue weighted by molar-refractivity contribution is 0.0993. The van der Waals surface area contributed by atoms with E-state index in [0.29, 0.717) is 16.2 Å². The van der Waals surface area contributed by atoms with Crippen molar-refractivity contribution in [3.63, 3.8) is 0 Å². The van der Waals surface area contributed by atoms with Crippen molar-refractivity contribution in [1.29, 1.82) is 0 Å². The first-order valence-electron chi connectivity index (χ1n) is 6.93. The molecule has 22 heavy (non-hydrogen) atoms. The van der Waals surface area contributed by atoms with Gasteiger partial charge in [0.15, 0.2) is 0 Å². The number of nitrogens with two attached hydrogens (primary N) is 1. The van der Waals surface area contributed by atoms with Crippen molar-refractivity contribution in [2.45, 2.75) is 13.0 Å². The molecule has 1 aliphatic heterocycles. The zero-order valence-electron chi connectivity index (χ0n) is 11.6. The Morgan fingerprint density at radius 2 is 2.27 bits per heavy atom. The molecule has 112 valence electrons. The van der Waals surface area contributed by atoms with E-state index >= 15 is 0 Å². The van der Waals surface area contributed by atoms with Crippen LogP contribution in [0.25, 0.3) is 16.0 Å². The third kappa shape index (κ3) is 2.11. The van der Waals surface area contributed by atoms with Gasteiger partial charge in [-0.2, -0.15) is 5.10 Å². The molecule has 0 bridgehead atoms. The fourth-order valence-electron chi connectivity index (χ4n) is 2.75. The molecule has 4 heterocycles. The van der Waals surface area contributed by atoms with Crippen LogP contribution >= 0.6 is 22.9 Å². The van der Waals surface area contributed by atoms with Gasteiger partial charge in [-0.25, -0.2) is 4.52 Å². The molecule has 0 aliphatic carbocycles. The Morgan fingerprint density at radius 3 is 3.05 bits per heavy atom. The summed E-state index contributed by atoms with van der Waals surface area (Å²) < 4.78 is 1.49. The SMILES string of the molecule is NC(=O)c1cc(Cl)c2cc(-c3cc4c(s3)CNCC4)cnn12. The molecule has 0 radical (unpaired) electrons. The fraction of sp³-hybridized carbons (Fsp3) is 0.200. The summed E-state index contributed by atoms with van der Waals surface area (Å²) in [6.07, 6.45) is 2.81. The molecular weight excluding hydrogens is 320 g/mol. The Hall–Kier alpha value is -1.89. The molecule has 0 saturated heterocycles. The minimum absolute atomic E-state index is 0.293. The largest absolute Gasteiger partial charge is 0.364 e. The van der Waals surface area contributed by atoms with Crippen molar-refractivity contribution in [2.75, 3.05) is 6.54 Å². The van der Waals surface area contributed by atoms with Crippen molar-refractivity contribution in [1.82, 2.24) is 14.9 Å². The molecule has 0 spiro atoms. The lowest BCUT2D eigenvalue weighted by Crippen LogP contribution is -2.21. The Kier molecular flexibility index (Phi) is 3.18. The summed E-state index contributed by atoms with van der Waals surface area (Å²) in [5.41, 5.74) is 8.73.